The highest BCUT2D eigenvalue weighted by Crippen LogP contribution is 2.15. The van der Waals surface area contributed by atoms with E-state index in [9.17, 15) is 13.2 Å². The topological polar surface area (TPSA) is 34.1 Å². The molecule has 0 fully saturated rings. The number of rotatable bonds is 8. The number of nitrogens with one attached hydrogen (secondary N) is 1. The summed E-state index contributed by atoms with van der Waals surface area (Å²) < 4.78 is 40.1. The van der Waals surface area contributed by atoms with Gasteiger partial charge in [-0.2, -0.15) is 13.2 Å². The molecule has 1 aromatic rings. The van der Waals surface area contributed by atoms with E-state index >= 15 is 0 Å². The van der Waals surface area contributed by atoms with Gasteiger partial charge in [0.25, 0.3) is 0 Å². The van der Waals surface area contributed by atoms with Crippen LogP contribution in [0.5, 0.6) is 0 Å². The van der Waals surface area contributed by atoms with Crippen molar-refractivity contribution >= 4 is 11.3 Å². The fourth-order valence-electron chi connectivity index (χ4n) is 1.41. The van der Waals surface area contributed by atoms with Crippen molar-refractivity contribution in [3.8, 4) is 0 Å². The van der Waals surface area contributed by atoms with Crippen LogP contribution < -0.4 is 5.32 Å². The molecule has 0 saturated carbocycles. The highest BCUT2D eigenvalue weighted by Gasteiger charge is 2.27. The lowest BCUT2D eigenvalue weighted by Crippen LogP contribution is -2.25. The Bertz CT molecular complexity index is 366. The van der Waals surface area contributed by atoms with E-state index in [1.54, 1.807) is 0 Å². The smallest absolute Gasteiger partial charge is 0.372 e. The second kappa shape index (κ2) is 7.81. The third kappa shape index (κ3) is 8.18. The summed E-state index contributed by atoms with van der Waals surface area (Å²) in [5, 5.41) is 6.05. The SMILES string of the molecule is CC(C)NCCc1csc(CCOCC(F)(F)F)n1. The van der Waals surface area contributed by atoms with E-state index in [0.29, 0.717) is 12.5 Å². The molecule has 19 heavy (non-hydrogen) atoms. The van der Waals surface area contributed by atoms with E-state index < -0.39 is 12.8 Å². The van der Waals surface area contributed by atoms with Gasteiger partial charge in [0.1, 0.15) is 6.61 Å². The van der Waals surface area contributed by atoms with Crippen LogP contribution in [0.15, 0.2) is 5.38 Å². The summed E-state index contributed by atoms with van der Waals surface area (Å²) in [6.45, 7) is 3.86. The van der Waals surface area contributed by atoms with E-state index in [0.717, 1.165) is 23.7 Å². The van der Waals surface area contributed by atoms with Gasteiger partial charge < -0.3 is 10.1 Å². The highest BCUT2D eigenvalue weighted by atomic mass is 32.1. The predicted molar refractivity (Wildman–Crippen MR) is 69.5 cm³/mol. The second-order valence-electron chi connectivity index (χ2n) is 4.51. The van der Waals surface area contributed by atoms with Gasteiger partial charge in [-0.1, -0.05) is 13.8 Å². The zero-order valence-corrected chi connectivity index (χ0v) is 11.9. The molecule has 0 saturated heterocycles. The van der Waals surface area contributed by atoms with Crippen LogP contribution in [0.1, 0.15) is 24.5 Å². The molecule has 0 amide bonds. The van der Waals surface area contributed by atoms with Crippen LogP contribution in [-0.2, 0) is 17.6 Å². The van der Waals surface area contributed by atoms with Gasteiger partial charge in [0, 0.05) is 30.8 Å². The minimum absolute atomic E-state index is 0.0523. The molecule has 0 aliphatic heterocycles. The number of hydrogen-bond donors (Lipinski definition) is 1. The maximum atomic E-state index is 11.8. The number of ether oxygens (including phenoxy) is 1. The lowest BCUT2D eigenvalue weighted by Gasteiger charge is -2.06. The van der Waals surface area contributed by atoms with Crippen molar-refractivity contribution in [2.24, 2.45) is 0 Å². The molecular formula is C12H19F3N2OS. The van der Waals surface area contributed by atoms with Gasteiger partial charge in [-0.05, 0) is 0 Å². The molecule has 0 aliphatic carbocycles. The van der Waals surface area contributed by atoms with Crippen LogP contribution >= 0.6 is 11.3 Å². The van der Waals surface area contributed by atoms with Crippen LogP contribution in [0.4, 0.5) is 13.2 Å². The number of nitrogens with zero attached hydrogens (tertiary/aromatic N) is 1. The summed E-state index contributed by atoms with van der Waals surface area (Å²) in [4.78, 5) is 4.36. The molecule has 1 aromatic heterocycles. The van der Waals surface area contributed by atoms with E-state index in [1.165, 1.54) is 11.3 Å². The third-order valence-electron chi connectivity index (χ3n) is 2.26. The minimum Gasteiger partial charge on any atom is -0.372 e. The molecule has 0 aliphatic rings. The molecule has 1 rings (SSSR count). The maximum absolute atomic E-state index is 11.8. The third-order valence-corrected chi connectivity index (χ3v) is 3.22. The van der Waals surface area contributed by atoms with E-state index in [1.807, 2.05) is 5.38 Å². The summed E-state index contributed by atoms with van der Waals surface area (Å²) >= 11 is 1.47. The summed E-state index contributed by atoms with van der Waals surface area (Å²) in [7, 11) is 0. The minimum atomic E-state index is -4.25. The van der Waals surface area contributed by atoms with Crippen molar-refractivity contribution in [2.75, 3.05) is 19.8 Å². The first-order valence-corrected chi connectivity index (χ1v) is 7.06. The molecule has 1 N–H and O–H groups in total. The van der Waals surface area contributed by atoms with Crippen LogP contribution in [-0.4, -0.2) is 37.0 Å². The Morgan fingerprint density at radius 1 is 1.37 bits per heavy atom. The largest absolute Gasteiger partial charge is 0.411 e. The fourth-order valence-corrected chi connectivity index (χ4v) is 2.23. The molecular weight excluding hydrogens is 277 g/mol. The Kier molecular flexibility index (Phi) is 6.74. The van der Waals surface area contributed by atoms with Gasteiger partial charge in [0.2, 0.25) is 0 Å². The van der Waals surface area contributed by atoms with Crippen LogP contribution in [0, 0.1) is 0 Å². The second-order valence-corrected chi connectivity index (χ2v) is 5.45. The zero-order chi connectivity index (χ0) is 14.3. The Hall–Kier alpha value is -0.660. The first-order valence-electron chi connectivity index (χ1n) is 6.18. The Morgan fingerprint density at radius 3 is 2.74 bits per heavy atom. The maximum Gasteiger partial charge on any atom is 0.411 e. The summed E-state index contributed by atoms with van der Waals surface area (Å²) in [6, 6.07) is 0.439. The first-order chi connectivity index (χ1) is 8.87. The molecule has 0 atom stereocenters. The number of thiazole rings is 1. The molecule has 110 valence electrons. The number of alkyl halides is 3. The molecule has 0 spiro atoms. The van der Waals surface area contributed by atoms with Gasteiger partial charge in [-0.25, -0.2) is 4.98 Å². The van der Waals surface area contributed by atoms with E-state index in [-0.39, 0.29) is 6.61 Å². The molecule has 0 aromatic carbocycles. The molecule has 7 heteroatoms. The van der Waals surface area contributed by atoms with Crippen LogP contribution in [0.3, 0.4) is 0 Å². The number of hydrogen-bond acceptors (Lipinski definition) is 4. The van der Waals surface area contributed by atoms with E-state index in [4.69, 9.17) is 0 Å². The molecule has 3 nitrogen and oxygen atoms in total. The lowest BCUT2D eigenvalue weighted by atomic mass is 10.3. The number of aromatic nitrogens is 1. The Morgan fingerprint density at radius 2 is 2.11 bits per heavy atom. The Balaban J connectivity index is 2.19. The van der Waals surface area contributed by atoms with Crippen molar-refractivity contribution in [3.63, 3.8) is 0 Å². The van der Waals surface area contributed by atoms with Crippen LogP contribution in [0.2, 0.25) is 0 Å². The van der Waals surface area contributed by atoms with Crippen molar-refractivity contribution in [1.29, 1.82) is 0 Å². The summed E-state index contributed by atoms with van der Waals surface area (Å²) in [6.07, 6.45) is -2.99. The average molecular weight is 296 g/mol. The summed E-state index contributed by atoms with van der Waals surface area (Å²) in [5.41, 5.74) is 0.976. The van der Waals surface area contributed by atoms with Gasteiger partial charge >= 0.3 is 6.18 Å². The van der Waals surface area contributed by atoms with Crippen molar-refractivity contribution in [2.45, 2.75) is 38.9 Å². The van der Waals surface area contributed by atoms with Gasteiger partial charge in [-0.15, -0.1) is 11.3 Å². The predicted octanol–water partition coefficient (Wildman–Crippen LogP) is 2.81. The molecule has 0 radical (unpaired) electrons. The fraction of sp³-hybridized carbons (Fsp3) is 0.750. The van der Waals surface area contributed by atoms with Crippen molar-refractivity contribution < 1.29 is 17.9 Å². The quantitative estimate of drug-likeness (QED) is 0.749. The van der Waals surface area contributed by atoms with E-state index in [2.05, 4.69) is 28.9 Å². The monoisotopic (exact) mass is 296 g/mol. The van der Waals surface area contributed by atoms with Gasteiger partial charge in [0.05, 0.1) is 17.3 Å². The molecule has 0 bridgehead atoms. The number of halogens is 3. The lowest BCUT2D eigenvalue weighted by molar-refractivity contribution is -0.173. The molecule has 1 heterocycles. The highest BCUT2D eigenvalue weighted by molar-refractivity contribution is 7.09. The standard InChI is InChI=1S/C12H19F3N2OS/c1-9(2)16-5-3-10-7-19-11(17-10)4-6-18-8-12(13,14)15/h7,9,16H,3-6,8H2,1-2H3. The normalized spacial score (nSPS) is 12.3. The zero-order valence-electron chi connectivity index (χ0n) is 11.1. The Labute approximate surface area is 115 Å². The van der Waals surface area contributed by atoms with Gasteiger partial charge in [0.15, 0.2) is 0 Å². The van der Waals surface area contributed by atoms with Crippen molar-refractivity contribution in [3.05, 3.63) is 16.1 Å². The van der Waals surface area contributed by atoms with Crippen LogP contribution in [0.25, 0.3) is 0 Å². The first kappa shape index (κ1) is 16.4. The molecule has 0 unspecified atom stereocenters. The van der Waals surface area contributed by atoms with Crippen molar-refractivity contribution in [1.82, 2.24) is 10.3 Å². The van der Waals surface area contributed by atoms with Gasteiger partial charge in [-0.3, -0.25) is 0 Å². The average Bonchev–Trinajstić information content (AvgIpc) is 2.71. The summed E-state index contributed by atoms with van der Waals surface area (Å²) in [5.74, 6) is 0.